The van der Waals surface area contributed by atoms with E-state index >= 15 is 0 Å². The van der Waals surface area contributed by atoms with E-state index in [4.69, 9.17) is 11.6 Å². The van der Waals surface area contributed by atoms with Gasteiger partial charge < -0.3 is 4.90 Å². The lowest BCUT2D eigenvalue weighted by atomic mass is 10.2. The molecule has 0 spiro atoms. The first-order valence-electron chi connectivity index (χ1n) is 5.43. The minimum Gasteiger partial charge on any atom is -0.355 e. The average Bonchev–Trinajstić information content (AvgIpc) is 2.27. The molecule has 0 bridgehead atoms. The van der Waals surface area contributed by atoms with E-state index in [2.05, 4.69) is 20.9 Å². The van der Waals surface area contributed by atoms with Crippen LogP contribution in [0.5, 0.6) is 0 Å². The SMILES string of the molecule is CCCN(CCBr)c1ncc(C(F)(F)F)cc1Cl. The molecule has 0 amide bonds. The molecular formula is C11H13BrClF3N2. The maximum Gasteiger partial charge on any atom is 0.417 e. The molecule has 18 heavy (non-hydrogen) atoms. The molecule has 0 fully saturated rings. The Hall–Kier alpha value is -0.490. The summed E-state index contributed by atoms with van der Waals surface area (Å²) in [5.41, 5.74) is -0.827. The summed E-state index contributed by atoms with van der Waals surface area (Å²) < 4.78 is 37.4. The predicted molar refractivity (Wildman–Crippen MR) is 70.5 cm³/mol. The van der Waals surface area contributed by atoms with E-state index in [-0.39, 0.29) is 5.02 Å². The van der Waals surface area contributed by atoms with Gasteiger partial charge in [-0.1, -0.05) is 34.5 Å². The van der Waals surface area contributed by atoms with E-state index in [1.807, 2.05) is 11.8 Å². The molecule has 2 nitrogen and oxygen atoms in total. The second-order valence-corrected chi connectivity index (χ2v) is 4.90. The van der Waals surface area contributed by atoms with Gasteiger partial charge in [-0.2, -0.15) is 13.2 Å². The summed E-state index contributed by atoms with van der Waals surface area (Å²) in [5, 5.41) is 0.727. The third-order valence-electron chi connectivity index (χ3n) is 2.30. The number of alkyl halides is 4. The highest BCUT2D eigenvalue weighted by Crippen LogP contribution is 2.33. The summed E-state index contributed by atoms with van der Waals surface area (Å²) in [7, 11) is 0. The van der Waals surface area contributed by atoms with Crippen molar-refractivity contribution in [3.8, 4) is 0 Å². The number of hydrogen-bond donors (Lipinski definition) is 0. The molecule has 1 aromatic heterocycles. The summed E-state index contributed by atoms with van der Waals surface area (Å²) in [5.74, 6) is 0.394. The van der Waals surface area contributed by atoms with Gasteiger partial charge in [-0.3, -0.25) is 0 Å². The first kappa shape index (κ1) is 15.6. The Morgan fingerprint density at radius 2 is 2.06 bits per heavy atom. The van der Waals surface area contributed by atoms with Crippen molar-refractivity contribution in [3.05, 3.63) is 22.8 Å². The minimum atomic E-state index is -4.42. The fourth-order valence-electron chi connectivity index (χ4n) is 1.51. The molecule has 7 heteroatoms. The highest BCUT2D eigenvalue weighted by Gasteiger charge is 2.31. The summed E-state index contributed by atoms with van der Waals surface area (Å²) in [4.78, 5) is 5.69. The van der Waals surface area contributed by atoms with Crippen molar-refractivity contribution in [2.45, 2.75) is 19.5 Å². The molecule has 0 radical (unpaired) electrons. The predicted octanol–water partition coefficient (Wildman–Crippen LogP) is 4.37. The van der Waals surface area contributed by atoms with Crippen molar-refractivity contribution >= 4 is 33.3 Å². The van der Waals surface area contributed by atoms with E-state index in [0.29, 0.717) is 24.2 Å². The average molecular weight is 346 g/mol. The lowest BCUT2D eigenvalue weighted by Crippen LogP contribution is -2.27. The maximum absolute atomic E-state index is 12.5. The summed E-state index contributed by atoms with van der Waals surface area (Å²) in [6.45, 7) is 3.33. The van der Waals surface area contributed by atoms with Crippen LogP contribution in [0.25, 0.3) is 0 Å². The number of rotatable bonds is 5. The smallest absolute Gasteiger partial charge is 0.355 e. The lowest BCUT2D eigenvalue weighted by molar-refractivity contribution is -0.137. The second kappa shape index (κ2) is 6.61. The van der Waals surface area contributed by atoms with Crippen molar-refractivity contribution < 1.29 is 13.2 Å². The van der Waals surface area contributed by atoms with E-state index in [0.717, 1.165) is 18.7 Å². The Morgan fingerprint density at radius 1 is 1.39 bits per heavy atom. The van der Waals surface area contributed by atoms with Crippen LogP contribution in [0.1, 0.15) is 18.9 Å². The van der Waals surface area contributed by atoms with Crippen LogP contribution in [0.15, 0.2) is 12.3 Å². The zero-order valence-electron chi connectivity index (χ0n) is 9.77. The van der Waals surface area contributed by atoms with Crippen LogP contribution in [0.2, 0.25) is 5.02 Å². The van der Waals surface area contributed by atoms with Crippen molar-refractivity contribution in [3.63, 3.8) is 0 Å². The van der Waals surface area contributed by atoms with E-state index < -0.39 is 11.7 Å². The number of pyridine rings is 1. The van der Waals surface area contributed by atoms with Crippen LogP contribution in [0, 0.1) is 0 Å². The molecule has 1 rings (SSSR count). The minimum absolute atomic E-state index is 0.0271. The number of anilines is 1. The molecule has 0 N–H and O–H groups in total. The molecule has 0 saturated heterocycles. The highest BCUT2D eigenvalue weighted by atomic mass is 79.9. The molecule has 102 valence electrons. The third-order valence-corrected chi connectivity index (χ3v) is 2.93. The number of hydrogen-bond acceptors (Lipinski definition) is 2. The first-order valence-corrected chi connectivity index (χ1v) is 6.93. The Balaban J connectivity index is 3.03. The monoisotopic (exact) mass is 344 g/mol. The third kappa shape index (κ3) is 4.02. The number of nitrogens with zero attached hydrogens (tertiary/aromatic N) is 2. The van der Waals surface area contributed by atoms with Crippen LogP contribution in [0.4, 0.5) is 19.0 Å². The van der Waals surface area contributed by atoms with Gasteiger partial charge in [0.1, 0.15) is 5.82 Å². The van der Waals surface area contributed by atoms with Crippen molar-refractivity contribution in [1.82, 2.24) is 4.98 Å². The van der Waals surface area contributed by atoms with Gasteiger partial charge >= 0.3 is 6.18 Å². The van der Waals surface area contributed by atoms with Crippen molar-refractivity contribution in [2.75, 3.05) is 23.3 Å². The summed E-state index contributed by atoms with van der Waals surface area (Å²) in [6.07, 6.45) is -2.73. The van der Waals surface area contributed by atoms with Gasteiger partial charge in [0.05, 0.1) is 10.6 Å². The second-order valence-electron chi connectivity index (χ2n) is 3.70. The molecule has 0 aliphatic carbocycles. The number of halogens is 5. The fraction of sp³-hybridized carbons (Fsp3) is 0.545. The van der Waals surface area contributed by atoms with Crippen LogP contribution >= 0.6 is 27.5 Å². The molecule has 0 unspecified atom stereocenters. The topological polar surface area (TPSA) is 16.1 Å². The molecule has 0 atom stereocenters. The van der Waals surface area contributed by atoms with Crippen LogP contribution < -0.4 is 4.90 Å². The summed E-state index contributed by atoms with van der Waals surface area (Å²) in [6, 6.07) is 0.917. The first-order chi connectivity index (χ1) is 8.40. The largest absolute Gasteiger partial charge is 0.417 e. The Kier molecular flexibility index (Phi) is 5.72. The van der Waals surface area contributed by atoms with Gasteiger partial charge in [0.15, 0.2) is 0 Å². The fourth-order valence-corrected chi connectivity index (χ4v) is 2.23. The van der Waals surface area contributed by atoms with Gasteiger partial charge in [-0.25, -0.2) is 4.98 Å². The Labute approximate surface area is 117 Å². The molecule has 1 heterocycles. The molecular weight excluding hydrogens is 332 g/mol. The quantitative estimate of drug-likeness (QED) is 0.737. The zero-order valence-corrected chi connectivity index (χ0v) is 12.1. The summed E-state index contributed by atoms with van der Waals surface area (Å²) >= 11 is 9.18. The highest BCUT2D eigenvalue weighted by molar-refractivity contribution is 9.09. The zero-order chi connectivity index (χ0) is 13.8. The van der Waals surface area contributed by atoms with Gasteiger partial charge in [-0.05, 0) is 12.5 Å². The van der Waals surface area contributed by atoms with Gasteiger partial charge in [-0.15, -0.1) is 0 Å². The lowest BCUT2D eigenvalue weighted by Gasteiger charge is -2.23. The molecule has 1 aromatic rings. The van der Waals surface area contributed by atoms with Crippen LogP contribution in [0.3, 0.4) is 0 Å². The maximum atomic E-state index is 12.5. The van der Waals surface area contributed by atoms with E-state index in [1.54, 1.807) is 0 Å². The standard InChI is InChI=1S/C11H13BrClF3N2/c1-2-4-18(5-3-12)10-9(13)6-8(7-17-10)11(14,15)16/h6-7H,2-5H2,1H3. The van der Waals surface area contributed by atoms with Crippen molar-refractivity contribution in [2.24, 2.45) is 0 Å². The van der Waals surface area contributed by atoms with Crippen LogP contribution in [-0.4, -0.2) is 23.4 Å². The van der Waals surface area contributed by atoms with E-state index in [9.17, 15) is 13.2 Å². The van der Waals surface area contributed by atoms with Crippen molar-refractivity contribution in [1.29, 1.82) is 0 Å². The molecule has 0 aromatic carbocycles. The van der Waals surface area contributed by atoms with Crippen LogP contribution in [-0.2, 0) is 6.18 Å². The van der Waals surface area contributed by atoms with Gasteiger partial charge in [0.2, 0.25) is 0 Å². The number of aromatic nitrogens is 1. The Bertz CT molecular complexity index is 392. The molecule has 0 aliphatic rings. The normalized spacial score (nSPS) is 11.7. The van der Waals surface area contributed by atoms with Gasteiger partial charge in [0.25, 0.3) is 0 Å². The molecule has 0 saturated carbocycles. The Morgan fingerprint density at radius 3 is 2.50 bits per heavy atom. The van der Waals surface area contributed by atoms with E-state index in [1.165, 1.54) is 0 Å². The van der Waals surface area contributed by atoms with Gasteiger partial charge in [0, 0.05) is 24.6 Å². The molecule has 0 aliphatic heterocycles.